The van der Waals surface area contributed by atoms with E-state index in [9.17, 15) is 14.9 Å². The normalized spacial score (nSPS) is 11.3. The van der Waals surface area contributed by atoms with Crippen molar-refractivity contribution in [2.75, 3.05) is 11.9 Å². The third-order valence-corrected chi connectivity index (χ3v) is 4.84. The molecule has 0 radical (unpaired) electrons. The van der Waals surface area contributed by atoms with Gasteiger partial charge in [-0.3, -0.25) is 20.2 Å². The van der Waals surface area contributed by atoms with Crippen molar-refractivity contribution >= 4 is 28.6 Å². The summed E-state index contributed by atoms with van der Waals surface area (Å²) >= 11 is 1.53. The first-order valence-corrected chi connectivity index (χ1v) is 8.30. The summed E-state index contributed by atoms with van der Waals surface area (Å²) < 4.78 is 0. The molecule has 2 N–H and O–H groups in total. The molecule has 0 saturated carbocycles. The van der Waals surface area contributed by atoms with Gasteiger partial charge >= 0.3 is 0 Å². The van der Waals surface area contributed by atoms with Gasteiger partial charge in [-0.15, -0.1) is 11.3 Å². The Hall–Kier alpha value is -2.32. The Bertz CT molecular complexity index is 770. The topological polar surface area (TPSA) is 97.2 Å². The SMILES string of the molecule is Cc1csc(C(C)(C)NCC(=O)Nc2c(C)cccc2[N+](=O)[O-])n1. The highest BCUT2D eigenvalue weighted by Gasteiger charge is 2.25. The van der Waals surface area contributed by atoms with Crippen LogP contribution < -0.4 is 10.6 Å². The van der Waals surface area contributed by atoms with Crippen molar-refractivity contribution in [3.63, 3.8) is 0 Å². The number of hydrogen-bond acceptors (Lipinski definition) is 6. The van der Waals surface area contributed by atoms with Crippen molar-refractivity contribution in [1.29, 1.82) is 0 Å². The number of aromatic nitrogens is 1. The van der Waals surface area contributed by atoms with Gasteiger partial charge in [0.05, 0.1) is 17.0 Å². The first kappa shape index (κ1) is 18.0. The smallest absolute Gasteiger partial charge is 0.293 e. The number of nitro benzene ring substituents is 1. The van der Waals surface area contributed by atoms with E-state index in [1.807, 2.05) is 26.2 Å². The Kier molecular flexibility index (Phi) is 5.30. The monoisotopic (exact) mass is 348 g/mol. The van der Waals surface area contributed by atoms with E-state index < -0.39 is 10.5 Å². The molecule has 24 heavy (non-hydrogen) atoms. The Labute approximate surface area is 144 Å². The van der Waals surface area contributed by atoms with Crippen molar-refractivity contribution in [2.45, 2.75) is 33.2 Å². The van der Waals surface area contributed by atoms with Gasteiger partial charge in [0, 0.05) is 17.1 Å². The van der Waals surface area contributed by atoms with Gasteiger partial charge in [-0.1, -0.05) is 12.1 Å². The Morgan fingerprint density at radius 3 is 2.67 bits per heavy atom. The fraction of sp³-hybridized carbons (Fsp3) is 0.375. The Morgan fingerprint density at radius 2 is 2.08 bits per heavy atom. The quantitative estimate of drug-likeness (QED) is 0.617. The fourth-order valence-electron chi connectivity index (χ4n) is 2.17. The molecule has 0 aliphatic rings. The third kappa shape index (κ3) is 4.15. The van der Waals surface area contributed by atoms with E-state index in [-0.39, 0.29) is 23.8 Å². The minimum Gasteiger partial charge on any atom is -0.319 e. The number of aryl methyl sites for hydroxylation is 2. The van der Waals surface area contributed by atoms with E-state index in [2.05, 4.69) is 15.6 Å². The van der Waals surface area contributed by atoms with E-state index >= 15 is 0 Å². The minimum absolute atomic E-state index is 0.0249. The summed E-state index contributed by atoms with van der Waals surface area (Å²) in [6, 6.07) is 4.69. The molecule has 1 aromatic heterocycles. The second kappa shape index (κ2) is 7.06. The average Bonchev–Trinajstić information content (AvgIpc) is 2.94. The lowest BCUT2D eigenvalue weighted by Crippen LogP contribution is -2.41. The highest BCUT2D eigenvalue weighted by Crippen LogP contribution is 2.28. The zero-order valence-corrected chi connectivity index (χ0v) is 14.9. The molecule has 0 bridgehead atoms. The minimum atomic E-state index is -0.502. The van der Waals surface area contributed by atoms with Crippen LogP contribution in [0.1, 0.15) is 30.1 Å². The number of nitrogens with zero attached hydrogens (tertiary/aromatic N) is 2. The van der Waals surface area contributed by atoms with Gasteiger partial charge in [0.25, 0.3) is 5.69 Å². The predicted octanol–water partition coefficient (Wildman–Crippen LogP) is 3.13. The van der Waals surface area contributed by atoms with Crippen molar-refractivity contribution < 1.29 is 9.72 Å². The number of nitrogens with one attached hydrogen (secondary N) is 2. The standard InChI is InChI=1S/C16H20N4O3S/c1-10-6-5-7-12(20(22)23)14(10)19-13(21)8-17-16(3,4)15-18-11(2)9-24-15/h5-7,9,17H,8H2,1-4H3,(H,19,21). The van der Waals surface area contributed by atoms with Crippen LogP contribution in [0.3, 0.4) is 0 Å². The van der Waals surface area contributed by atoms with Crippen molar-refractivity contribution in [3.8, 4) is 0 Å². The molecule has 0 atom stereocenters. The molecular formula is C16H20N4O3S. The van der Waals surface area contributed by atoms with Crippen LogP contribution in [0.2, 0.25) is 0 Å². The lowest BCUT2D eigenvalue weighted by atomic mass is 10.1. The van der Waals surface area contributed by atoms with Gasteiger partial charge in [0.2, 0.25) is 5.91 Å². The number of nitro groups is 1. The summed E-state index contributed by atoms with van der Waals surface area (Å²) in [7, 11) is 0. The molecule has 0 spiro atoms. The highest BCUT2D eigenvalue weighted by molar-refractivity contribution is 7.09. The number of carbonyl (C=O) groups excluding carboxylic acids is 1. The number of thiazole rings is 1. The number of amides is 1. The molecule has 0 aliphatic carbocycles. The molecule has 7 nitrogen and oxygen atoms in total. The Balaban J connectivity index is 2.06. The van der Waals surface area contributed by atoms with Crippen LogP contribution >= 0.6 is 11.3 Å². The number of rotatable bonds is 6. The molecular weight excluding hydrogens is 328 g/mol. The zero-order chi connectivity index (χ0) is 17.9. The van der Waals surface area contributed by atoms with Crippen molar-refractivity contribution in [1.82, 2.24) is 10.3 Å². The second-order valence-corrected chi connectivity index (χ2v) is 6.91. The predicted molar refractivity (Wildman–Crippen MR) is 94.3 cm³/mol. The van der Waals surface area contributed by atoms with Crippen LogP contribution in [-0.4, -0.2) is 22.4 Å². The molecule has 1 aromatic carbocycles. The van der Waals surface area contributed by atoms with Gasteiger partial charge < -0.3 is 5.32 Å². The van der Waals surface area contributed by atoms with Crippen LogP contribution in [0.25, 0.3) is 0 Å². The van der Waals surface area contributed by atoms with Gasteiger partial charge in [-0.25, -0.2) is 4.98 Å². The van der Waals surface area contributed by atoms with Crippen LogP contribution in [0.15, 0.2) is 23.6 Å². The van der Waals surface area contributed by atoms with Gasteiger partial charge in [-0.05, 0) is 33.3 Å². The maximum atomic E-state index is 12.2. The average molecular weight is 348 g/mol. The van der Waals surface area contributed by atoms with Gasteiger partial charge in [0.1, 0.15) is 10.7 Å². The largest absolute Gasteiger partial charge is 0.319 e. The van der Waals surface area contributed by atoms with E-state index in [0.717, 1.165) is 10.7 Å². The summed E-state index contributed by atoms with van der Waals surface area (Å²) in [6.45, 7) is 7.54. The lowest BCUT2D eigenvalue weighted by molar-refractivity contribution is -0.384. The number of hydrogen-bond donors (Lipinski definition) is 2. The molecule has 128 valence electrons. The number of carbonyl (C=O) groups is 1. The molecule has 8 heteroatoms. The third-order valence-electron chi connectivity index (χ3n) is 3.56. The van der Waals surface area contributed by atoms with Crippen molar-refractivity contribution in [3.05, 3.63) is 50.0 Å². The summed E-state index contributed by atoms with van der Waals surface area (Å²) in [5.74, 6) is -0.339. The first-order chi connectivity index (χ1) is 11.2. The second-order valence-electron chi connectivity index (χ2n) is 6.05. The highest BCUT2D eigenvalue weighted by atomic mass is 32.1. The van der Waals surface area contributed by atoms with Crippen molar-refractivity contribution in [2.24, 2.45) is 0 Å². The summed E-state index contributed by atoms with van der Waals surface area (Å²) in [6.07, 6.45) is 0. The van der Waals surface area contributed by atoms with Crippen LogP contribution in [0.4, 0.5) is 11.4 Å². The van der Waals surface area contributed by atoms with E-state index in [0.29, 0.717) is 5.56 Å². The number of benzene rings is 1. The molecule has 0 aliphatic heterocycles. The maximum absolute atomic E-state index is 12.2. The first-order valence-electron chi connectivity index (χ1n) is 7.42. The number of para-hydroxylation sites is 1. The lowest BCUT2D eigenvalue weighted by Gasteiger charge is -2.23. The Morgan fingerprint density at radius 1 is 1.38 bits per heavy atom. The van der Waals surface area contributed by atoms with Gasteiger partial charge in [-0.2, -0.15) is 0 Å². The van der Waals surface area contributed by atoms with Crippen LogP contribution in [0, 0.1) is 24.0 Å². The van der Waals surface area contributed by atoms with E-state index in [4.69, 9.17) is 0 Å². The maximum Gasteiger partial charge on any atom is 0.293 e. The van der Waals surface area contributed by atoms with Crippen LogP contribution in [-0.2, 0) is 10.3 Å². The molecule has 2 rings (SSSR count). The molecule has 0 unspecified atom stereocenters. The van der Waals surface area contributed by atoms with Gasteiger partial charge in [0.15, 0.2) is 0 Å². The fourth-order valence-corrected chi connectivity index (χ4v) is 3.07. The summed E-state index contributed by atoms with van der Waals surface area (Å²) in [4.78, 5) is 27.2. The molecule has 1 amide bonds. The van der Waals surface area contributed by atoms with E-state index in [1.54, 1.807) is 19.1 Å². The van der Waals surface area contributed by atoms with Crippen LogP contribution in [0.5, 0.6) is 0 Å². The molecule has 0 fully saturated rings. The molecule has 1 heterocycles. The zero-order valence-electron chi connectivity index (χ0n) is 14.0. The van der Waals surface area contributed by atoms with E-state index in [1.165, 1.54) is 17.4 Å². The number of anilines is 1. The molecule has 2 aromatic rings. The summed E-state index contributed by atoms with van der Waals surface area (Å²) in [5.41, 5.74) is 1.24. The molecule has 0 saturated heterocycles. The summed E-state index contributed by atoms with van der Waals surface area (Å²) in [5, 5.41) is 19.7.